The lowest BCUT2D eigenvalue weighted by atomic mass is 9.87. The van der Waals surface area contributed by atoms with E-state index in [1.165, 1.54) is 16.0 Å². The first-order valence-corrected chi connectivity index (χ1v) is 9.94. The van der Waals surface area contributed by atoms with Gasteiger partial charge in [-0.15, -0.1) is 11.3 Å². The molecule has 1 aliphatic heterocycles. The Morgan fingerprint density at radius 3 is 2.58 bits per heavy atom. The molecule has 0 saturated carbocycles. The second kappa shape index (κ2) is 7.62. The first kappa shape index (κ1) is 18.6. The average Bonchev–Trinajstić information content (AvgIpc) is 3.08. The van der Waals surface area contributed by atoms with Gasteiger partial charge in [-0.3, -0.25) is 9.59 Å². The van der Waals surface area contributed by atoms with Gasteiger partial charge in [0, 0.05) is 36.5 Å². The van der Waals surface area contributed by atoms with Gasteiger partial charge in [0.1, 0.15) is 0 Å². The van der Waals surface area contributed by atoms with Gasteiger partial charge in [-0.05, 0) is 46.5 Å². The number of carbonyl (C=O) groups is 2. The zero-order valence-electron chi connectivity index (χ0n) is 15.7. The van der Waals surface area contributed by atoms with E-state index in [2.05, 4.69) is 37.5 Å². The van der Waals surface area contributed by atoms with E-state index in [4.69, 9.17) is 0 Å². The molecular weight excluding hydrogens is 344 g/mol. The van der Waals surface area contributed by atoms with Gasteiger partial charge < -0.3 is 10.2 Å². The molecule has 2 heterocycles. The number of benzene rings is 1. The lowest BCUT2D eigenvalue weighted by Gasteiger charge is -2.27. The summed E-state index contributed by atoms with van der Waals surface area (Å²) in [6, 6.07) is 9.78. The first-order chi connectivity index (χ1) is 12.3. The van der Waals surface area contributed by atoms with Gasteiger partial charge in [0.25, 0.3) is 5.91 Å². The van der Waals surface area contributed by atoms with Crippen molar-refractivity contribution in [2.24, 2.45) is 0 Å². The maximum absolute atomic E-state index is 12.4. The Kier molecular flexibility index (Phi) is 5.47. The minimum Gasteiger partial charge on any atom is -0.352 e. The van der Waals surface area contributed by atoms with E-state index in [9.17, 15) is 9.59 Å². The van der Waals surface area contributed by atoms with Crippen molar-refractivity contribution in [2.45, 2.75) is 45.6 Å². The van der Waals surface area contributed by atoms with Gasteiger partial charge in [-0.1, -0.05) is 32.9 Å². The number of nitrogens with one attached hydrogen (secondary N) is 1. The molecule has 1 aliphatic rings. The van der Waals surface area contributed by atoms with Crippen molar-refractivity contribution in [3.63, 3.8) is 0 Å². The van der Waals surface area contributed by atoms with E-state index in [1.807, 2.05) is 29.2 Å². The van der Waals surface area contributed by atoms with Gasteiger partial charge in [0.05, 0.1) is 0 Å². The Morgan fingerprint density at radius 2 is 1.88 bits per heavy atom. The zero-order chi connectivity index (χ0) is 18.7. The van der Waals surface area contributed by atoms with Gasteiger partial charge >= 0.3 is 0 Å². The number of carbonyl (C=O) groups excluding carboxylic acids is 2. The number of hydrogen-bond donors (Lipinski definition) is 1. The van der Waals surface area contributed by atoms with Crippen molar-refractivity contribution >= 4 is 23.2 Å². The highest BCUT2D eigenvalue weighted by molar-refractivity contribution is 7.10. The number of hydrogen-bond acceptors (Lipinski definition) is 3. The van der Waals surface area contributed by atoms with Crippen LogP contribution in [0.3, 0.4) is 0 Å². The normalized spacial score (nSPS) is 14.0. The molecule has 0 saturated heterocycles. The van der Waals surface area contributed by atoms with Crippen LogP contribution in [0.1, 0.15) is 53.6 Å². The molecule has 0 aliphatic carbocycles. The zero-order valence-corrected chi connectivity index (χ0v) is 16.5. The molecule has 1 aromatic carbocycles. The van der Waals surface area contributed by atoms with Crippen LogP contribution in [0.4, 0.5) is 0 Å². The molecule has 1 N–H and O–H groups in total. The van der Waals surface area contributed by atoms with Crippen molar-refractivity contribution in [3.05, 3.63) is 57.3 Å². The molecule has 0 spiro atoms. The number of amides is 2. The van der Waals surface area contributed by atoms with Crippen molar-refractivity contribution in [3.8, 4) is 0 Å². The molecule has 4 nitrogen and oxygen atoms in total. The van der Waals surface area contributed by atoms with Crippen LogP contribution >= 0.6 is 11.3 Å². The maximum Gasteiger partial charge on any atom is 0.251 e. The summed E-state index contributed by atoms with van der Waals surface area (Å²) in [5, 5.41) is 4.94. The molecule has 0 bridgehead atoms. The topological polar surface area (TPSA) is 49.4 Å². The molecule has 0 fully saturated rings. The van der Waals surface area contributed by atoms with Crippen LogP contribution in [-0.4, -0.2) is 29.8 Å². The highest BCUT2D eigenvalue weighted by Crippen LogP contribution is 2.24. The Hall–Kier alpha value is -2.14. The lowest BCUT2D eigenvalue weighted by Crippen LogP contribution is -2.37. The minimum atomic E-state index is -0.128. The van der Waals surface area contributed by atoms with Gasteiger partial charge in [0.15, 0.2) is 0 Å². The number of thiophene rings is 1. The summed E-state index contributed by atoms with van der Waals surface area (Å²) in [5.74, 6) is -0.0257. The fourth-order valence-electron chi connectivity index (χ4n) is 3.13. The third kappa shape index (κ3) is 4.33. The Labute approximate surface area is 159 Å². The van der Waals surface area contributed by atoms with Gasteiger partial charge in [-0.2, -0.15) is 0 Å². The molecular formula is C21H26N2O2S. The molecule has 5 heteroatoms. The molecule has 0 unspecified atom stereocenters. The predicted molar refractivity (Wildman–Crippen MR) is 106 cm³/mol. The molecule has 1 aromatic heterocycles. The van der Waals surface area contributed by atoms with E-state index in [0.29, 0.717) is 25.1 Å². The van der Waals surface area contributed by atoms with E-state index in [1.54, 1.807) is 11.3 Å². The summed E-state index contributed by atoms with van der Waals surface area (Å²) in [7, 11) is 0. The summed E-state index contributed by atoms with van der Waals surface area (Å²) in [5.41, 5.74) is 3.16. The van der Waals surface area contributed by atoms with Crippen LogP contribution in [0.15, 0.2) is 35.7 Å². The summed E-state index contributed by atoms with van der Waals surface area (Å²) >= 11 is 1.77. The Bertz CT molecular complexity index is 787. The van der Waals surface area contributed by atoms with Crippen molar-refractivity contribution in [1.29, 1.82) is 0 Å². The van der Waals surface area contributed by atoms with Crippen LogP contribution in [0, 0.1) is 0 Å². The quantitative estimate of drug-likeness (QED) is 0.891. The third-order valence-corrected chi connectivity index (χ3v) is 5.82. The van der Waals surface area contributed by atoms with Gasteiger partial charge in [0.2, 0.25) is 5.91 Å². The first-order valence-electron chi connectivity index (χ1n) is 9.06. The van der Waals surface area contributed by atoms with Crippen LogP contribution < -0.4 is 5.32 Å². The summed E-state index contributed by atoms with van der Waals surface area (Å²) in [4.78, 5) is 27.9. The lowest BCUT2D eigenvalue weighted by molar-refractivity contribution is -0.131. The Morgan fingerprint density at radius 1 is 1.15 bits per heavy atom. The van der Waals surface area contributed by atoms with Crippen molar-refractivity contribution in [1.82, 2.24) is 10.2 Å². The van der Waals surface area contributed by atoms with E-state index in [-0.39, 0.29) is 17.2 Å². The minimum absolute atomic E-state index is 0.0676. The summed E-state index contributed by atoms with van der Waals surface area (Å²) in [6.07, 6.45) is 1.27. The monoisotopic (exact) mass is 370 g/mol. The van der Waals surface area contributed by atoms with E-state index >= 15 is 0 Å². The van der Waals surface area contributed by atoms with Crippen LogP contribution in [0.5, 0.6) is 0 Å². The second-order valence-electron chi connectivity index (χ2n) is 7.77. The highest BCUT2D eigenvalue weighted by atomic mass is 32.1. The summed E-state index contributed by atoms with van der Waals surface area (Å²) in [6.45, 7) is 8.27. The standard InChI is InChI=1S/C21H26N2O2S/c1-21(2,3)17-6-4-15(5-7-17)20(25)22-11-8-19(24)23-12-9-18-16(14-23)10-13-26-18/h4-7,10,13H,8-9,11-12,14H2,1-3H3,(H,22,25). The van der Waals surface area contributed by atoms with Crippen molar-refractivity contribution < 1.29 is 9.59 Å². The SMILES string of the molecule is CC(C)(C)c1ccc(C(=O)NCCC(=O)N2CCc3sccc3C2)cc1. The highest BCUT2D eigenvalue weighted by Gasteiger charge is 2.21. The molecule has 3 rings (SSSR count). The number of nitrogens with zero attached hydrogens (tertiary/aromatic N) is 1. The molecule has 0 radical (unpaired) electrons. The summed E-state index contributed by atoms with van der Waals surface area (Å²) < 4.78 is 0. The molecule has 0 atom stereocenters. The van der Waals surface area contributed by atoms with Crippen LogP contribution in [0.2, 0.25) is 0 Å². The molecule has 2 amide bonds. The predicted octanol–water partition coefficient (Wildman–Crippen LogP) is 3.75. The van der Waals surface area contributed by atoms with E-state index in [0.717, 1.165) is 13.0 Å². The van der Waals surface area contributed by atoms with Crippen molar-refractivity contribution in [2.75, 3.05) is 13.1 Å². The molecule has 138 valence electrons. The number of fused-ring (bicyclic) bond motifs is 1. The van der Waals surface area contributed by atoms with Gasteiger partial charge in [-0.25, -0.2) is 0 Å². The second-order valence-corrected chi connectivity index (χ2v) is 8.77. The fraction of sp³-hybridized carbons (Fsp3) is 0.429. The Balaban J connectivity index is 1.47. The van der Waals surface area contributed by atoms with Crippen LogP contribution in [-0.2, 0) is 23.2 Å². The fourth-order valence-corrected chi connectivity index (χ4v) is 4.02. The average molecular weight is 371 g/mol. The van der Waals surface area contributed by atoms with Crippen LogP contribution in [0.25, 0.3) is 0 Å². The third-order valence-electron chi connectivity index (χ3n) is 4.80. The molecule has 2 aromatic rings. The largest absolute Gasteiger partial charge is 0.352 e. The smallest absolute Gasteiger partial charge is 0.251 e. The van der Waals surface area contributed by atoms with E-state index < -0.39 is 0 Å². The molecule has 26 heavy (non-hydrogen) atoms. The number of rotatable bonds is 4. The maximum atomic E-state index is 12.4.